The minimum absolute atomic E-state index is 0.0520. The van der Waals surface area contributed by atoms with Crippen LogP contribution in [0.5, 0.6) is 11.5 Å². The molecule has 0 atom stereocenters. The summed E-state index contributed by atoms with van der Waals surface area (Å²) in [5.74, 6) is 1.35. The van der Waals surface area contributed by atoms with Gasteiger partial charge in [0.05, 0.1) is 11.1 Å². The molecule has 0 spiro atoms. The monoisotopic (exact) mass is 408 g/mol. The van der Waals surface area contributed by atoms with E-state index in [0.29, 0.717) is 43.2 Å². The summed E-state index contributed by atoms with van der Waals surface area (Å²) in [6, 6.07) is 11.0. The van der Waals surface area contributed by atoms with E-state index >= 15 is 0 Å². The number of ether oxygens (including phenoxy) is 1. The van der Waals surface area contributed by atoms with Crippen LogP contribution in [0.25, 0.3) is 0 Å². The number of rotatable bonds is 8. The molecule has 0 unspecified atom stereocenters. The van der Waals surface area contributed by atoms with Gasteiger partial charge in [-0.1, -0.05) is 27.7 Å². The van der Waals surface area contributed by atoms with Crippen molar-refractivity contribution in [3.63, 3.8) is 0 Å². The second kappa shape index (κ2) is 8.32. The zero-order valence-corrected chi connectivity index (χ0v) is 18.4. The molecule has 2 aromatic rings. The fourth-order valence-corrected chi connectivity index (χ4v) is 3.96. The predicted molar refractivity (Wildman–Crippen MR) is 119 cm³/mol. The van der Waals surface area contributed by atoms with Crippen LogP contribution in [0, 0.1) is 0 Å². The first kappa shape index (κ1) is 22.2. The molecule has 1 aliphatic heterocycles. The fourth-order valence-electron chi connectivity index (χ4n) is 3.96. The van der Waals surface area contributed by atoms with Crippen molar-refractivity contribution in [1.82, 2.24) is 0 Å². The van der Waals surface area contributed by atoms with Gasteiger partial charge in [-0.25, -0.2) is 0 Å². The third-order valence-corrected chi connectivity index (χ3v) is 6.67. The molecule has 30 heavy (non-hydrogen) atoms. The number of hydrogen-bond acceptors (Lipinski definition) is 5. The average molecular weight is 409 g/mol. The lowest BCUT2D eigenvalue weighted by Gasteiger charge is -2.27. The van der Waals surface area contributed by atoms with Gasteiger partial charge in [0.15, 0.2) is 11.6 Å². The molecule has 0 saturated heterocycles. The summed E-state index contributed by atoms with van der Waals surface area (Å²) in [6.45, 7) is 7.73. The maximum absolute atomic E-state index is 13.0. The van der Waals surface area contributed by atoms with Crippen LogP contribution in [0.2, 0.25) is 0 Å². The second-order valence-electron chi connectivity index (χ2n) is 8.31. The molecule has 5 nitrogen and oxygen atoms in total. The van der Waals surface area contributed by atoms with Crippen LogP contribution in [0.3, 0.4) is 0 Å². The van der Waals surface area contributed by atoms with Gasteiger partial charge in [0.25, 0.3) is 0 Å². The van der Waals surface area contributed by atoms with Crippen molar-refractivity contribution < 1.29 is 14.3 Å². The maximum Gasteiger partial charge on any atom is 0.182 e. The highest BCUT2D eigenvalue weighted by Gasteiger charge is 2.33. The van der Waals surface area contributed by atoms with Gasteiger partial charge < -0.3 is 16.2 Å². The summed E-state index contributed by atoms with van der Waals surface area (Å²) in [5.41, 5.74) is 13.9. The molecule has 4 N–H and O–H groups in total. The topological polar surface area (TPSA) is 95.4 Å². The first-order valence-corrected chi connectivity index (χ1v) is 10.8. The van der Waals surface area contributed by atoms with E-state index in [4.69, 9.17) is 16.2 Å². The van der Waals surface area contributed by atoms with Crippen molar-refractivity contribution in [2.45, 2.75) is 70.9 Å². The SMILES string of the molecule is CCC(N)(CC)C(=O)c1ccc2c(c1)Cc1cc(C(=O)C(N)(CC)CC)ccc1O2. The van der Waals surface area contributed by atoms with E-state index < -0.39 is 11.1 Å². The number of fused-ring (bicyclic) bond motifs is 2. The summed E-state index contributed by atoms with van der Waals surface area (Å²) in [7, 11) is 0. The Kier molecular flexibility index (Phi) is 6.16. The fraction of sp³-hybridized carbons (Fsp3) is 0.440. The number of benzene rings is 2. The maximum atomic E-state index is 13.0. The number of Topliss-reactive ketones (excluding diaryl/α,β-unsaturated/α-hetero) is 2. The molecule has 0 amide bonds. The Morgan fingerprint density at radius 1 is 0.767 bits per heavy atom. The number of ketones is 2. The quantitative estimate of drug-likeness (QED) is 0.523. The molecule has 1 aliphatic rings. The largest absolute Gasteiger partial charge is 0.457 e. The number of carbonyl (C=O) groups excluding carboxylic acids is 2. The van der Waals surface area contributed by atoms with E-state index in [-0.39, 0.29) is 11.6 Å². The highest BCUT2D eigenvalue weighted by atomic mass is 16.5. The molecule has 0 radical (unpaired) electrons. The van der Waals surface area contributed by atoms with Crippen molar-refractivity contribution in [3.05, 3.63) is 58.7 Å². The Morgan fingerprint density at radius 3 is 1.47 bits per heavy atom. The number of carbonyl (C=O) groups is 2. The third kappa shape index (κ3) is 3.80. The first-order valence-electron chi connectivity index (χ1n) is 10.8. The van der Waals surface area contributed by atoms with Crippen molar-refractivity contribution in [1.29, 1.82) is 0 Å². The Balaban J connectivity index is 1.93. The minimum Gasteiger partial charge on any atom is -0.457 e. The van der Waals surface area contributed by atoms with Crippen LogP contribution in [0.1, 0.15) is 85.2 Å². The second-order valence-corrected chi connectivity index (χ2v) is 8.31. The van der Waals surface area contributed by atoms with E-state index in [1.165, 1.54) is 0 Å². The molecule has 2 aromatic carbocycles. The molecule has 0 fully saturated rings. The summed E-state index contributed by atoms with van der Waals surface area (Å²) in [5, 5.41) is 0. The van der Waals surface area contributed by atoms with E-state index in [0.717, 1.165) is 22.6 Å². The van der Waals surface area contributed by atoms with Gasteiger partial charge in [-0.2, -0.15) is 0 Å². The Morgan fingerprint density at radius 2 is 1.13 bits per heavy atom. The molecule has 0 bridgehead atoms. The number of nitrogens with two attached hydrogens (primary N) is 2. The number of hydrogen-bond donors (Lipinski definition) is 2. The molecule has 5 heteroatoms. The standard InChI is InChI=1S/C25H32N2O3/c1-5-24(26,6-2)22(28)16-9-11-20-18(13-16)15-19-14-17(10-12-21(19)30-20)23(29)25(27,7-3)8-4/h9-14H,5-8,15,26-27H2,1-4H3. The summed E-state index contributed by atoms with van der Waals surface area (Å²) in [4.78, 5) is 25.9. The van der Waals surface area contributed by atoms with Gasteiger partial charge in [-0.15, -0.1) is 0 Å². The van der Waals surface area contributed by atoms with Crippen LogP contribution in [-0.4, -0.2) is 22.6 Å². The summed E-state index contributed by atoms with van der Waals surface area (Å²) >= 11 is 0. The van der Waals surface area contributed by atoms with Crippen LogP contribution in [0.15, 0.2) is 36.4 Å². The van der Waals surface area contributed by atoms with Crippen molar-refractivity contribution in [3.8, 4) is 11.5 Å². The lowest BCUT2D eigenvalue weighted by Crippen LogP contribution is -2.46. The first-order chi connectivity index (χ1) is 14.2. The van der Waals surface area contributed by atoms with Crippen LogP contribution in [-0.2, 0) is 6.42 Å². The van der Waals surface area contributed by atoms with Gasteiger partial charge in [0, 0.05) is 28.7 Å². The average Bonchev–Trinajstić information content (AvgIpc) is 2.79. The van der Waals surface area contributed by atoms with E-state index in [1.54, 1.807) is 12.1 Å². The Hall–Kier alpha value is -2.50. The highest BCUT2D eigenvalue weighted by molar-refractivity contribution is 6.04. The van der Waals surface area contributed by atoms with Gasteiger partial charge >= 0.3 is 0 Å². The minimum atomic E-state index is -0.855. The van der Waals surface area contributed by atoms with Gasteiger partial charge in [0.1, 0.15) is 11.5 Å². The lowest BCUT2D eigenvalue weighted by molar-refractivity contribution is 0.0873. The zero-order chi connectivity index (χ0) is 22.1. The van der Waals surface area contributed by atoms with Crippen LogP contribution >= 0.6 is 0 Å². The van der Waals surface area contributed by atoms with Crippen molar-refractivity contribution in [2.75, 3.05) is 0 Å². The van der Waals surface area contributed by atoms with Crippen molar-refractivity contribution >= 4 is 11.6 Å². The van der Waals surface area contributed by atoms with Crippen molar-refractivity contribution in [2.24, 2.45) is 11.5 Å². The van der Waals surface area contributed by atoms with E-state index in [1.807, 2.05) is 52.0 Å². The van der Waals surface area contributed by atoms with Crippen LogP contribution < -0.4 is 16.2 Å². The zero-order valence-electron chi connectivity index (χ0n) is 18.4. The molecular weight excluding hydrogens is 376 g/mol. The van der Waals surface area contributed by atoms with Crippen LogP contribution in [0.4, 0.5) is 0 Å². The molecule has 0 aromatic heterocycles. The van der Waals surface area contributed by atoms with Gasteiger partial charge in [0.2, 0.25) is 0 Å². The van der Waals surface area contributed by atoms with Gasteiger partial charge in [-0.05, 0) is 62.1 Å². The molecule has 160 valence electrons. The predicted octanol–water partition coefficient (Wildman–Crippen LogP) is 4.78. The molecule has 1 heterocycles. The lowest BCUT2D eigenvalue weighted by atomic mass is 9.83. The van der Waals surface area contributed by atoms with Gasteiger partial charge in [-0.3, -0.25) is 9.59 Å². The normalized spacial score (nSPS) is 13.3. The van der Waals surface area contributed by atoms with E-state index in [2.05, 4.69) is 0 Å². The highest BCUT2D eigenvalue weighted by Crippen LogP contribution is 2.38. The molecule has 3 rings (SSSR count). The molecule has 0 saturated carbocycles. The smallest absolute Gasteiger partial charge is 0.182 e. The summed E-state index contributed by atoms with van der Waals surface area (Å²) < 4.78 is 6.04. The molecule has 0 aliphatic carbocycles. The Bertz CT molecular complexity index is 895. The molecular formula is C25H32N2O3. The third-order valence-electron chi connectivity index (χ3n) is 6.67. The van der Waals surface area contributed by atoms with E-state index in [9.17, 15) is 9.59 Å². The Labute approximate surface area is 178 Å². The summed E-state index contributed by atoms with van der Waals surface area (Å²) in [6.07, 6.45) is 2.91.